The molecule has 0 aromatic heterocycles. The van der Waals surface area contributed by atoms with Gasteiger partial charge in [0.1, 0.15) is 23.9 Å². The second-order valence-corrected chi connectivity index (χ2v) is 7.01. The van der Waals surface area contributed by atoms with Crippen LogP contribution in [0.25, 0.3) is 0 Å². The third-order valence-corrected chi connectivity index (χ3v) is 4.58. The van der Waals surface area contributed by atoms with Gasteiger partial charge in [0, 0.05) is 6.21 Å². The maximum absolute atomic E-state index is 5.85. The van der Waals surface area contributed by atoms with Crippen LogP contribution in [0, 0.1) is 6.92 Å². The molecule has 0 heterocycles. The zero-order chi connectivity index (χ0) is 20.6. The van der Waals surface area contributed by atoms with Gasteiger partial charge in [-0.2, -0.15) is 0 Å². The lowest BCUT2D eigenvalue weighted by molar-refractivity contribution is 0.306. The number of aryl methyl sites for hydroxylation is 1. The van der Waals surface area contributed by atoms with Crippen LogP contribution in [0.4, 0.5) is 5.69 Å². The van der Waals surface area contributed by atoms with Crippen LogP contribution in [0.15, 0.2) is 108 Å². The summed E-state index contributed by atoms with van der Waals surface area (Å²) in [6, 6.07) is 33.7. The van der Waals surface area contributed by atoms with E-state index >= 15 is 0 Å². The molecule has 4 rings (SSSR count). The van der Waals surface area contributed by atoms with E-state index in [2.05, 4.69) is 36.2 Å². The Morgan fingerprint density at radius 2 is 1.30 bits per heavy atom. The van der Waals surface area contributed by atoms with E-state index in [4.69, 9.17) is 9.47 Å². The van der Waals surface area contributed by atoms with Gasteiger partial charge in [-0.15, -0.1) is 0 Å². The zero-order valence-electron chi connectivity index (χ0n) is 16.9. The molecule has 0 saturated heterocycles. The average molecular weight is 393 g/mol. The molecule has 0 aliphatic carbocycles. The highest BCUT2D eigenvalue weighted by atomic mass is 16.5. The number of aliphatic imine (C=N–C) groups is 1. The highest BCUT2D eigenvalue weighted by molar-refractivity contribution is 5.82. The summed E-state index contributed by atoms with van der Waals surface area (Å²) in [7, 11) is 0. The fourth-order valence-electron chi connectivity index (χ4n) is 2.88. The molecule has 4 aromatic rings. The zero-order valence-corrected chi connectivity index (χ0v) is 16.9. The van der Waals surface area contributed by atoms with Crippen molar-refractivity contribution in [2.24, 2.45) is 4.99 Å². The van der Waals surface area contributed by atoms with E-state index in [9.17, 15) is 0 Å². The van der Waals surface area contributed by atoms with Crippen molar-refractivity contribution in [2.75, 3.05) is 0 Å². The highest BCUT2D eigenvalue weighted by Gasteiger charge is 1.98. The Kier molecular flexibility index (Phi) is 6.21. The van der Waals surface area contributed by atoms with Crippen LogP contribution < -0.4 is 9.47 Å². The monoisotopic (exact) mass is 393 g/mol. The third kappa shape index (κ3) is 5.58. The van der Waals surface area contributed by atoms with Crippen LogP contribution in [-0.4, -0.2) is 6.21 Å². The van der Waals surface area contributed by atoms with Crippen molar-refractivity contribution in [3.05, 3.63) is 120 Å². The largest absolute Gasteiger partial charge is 0.489 e. The maximum atomic E-state index is 5.85. The number of benzene rings is 4. The molecule has 0 unspecified atom stereocenters. The van der Waals surface area contributed by atoms with E-state index in [-0.39, 0.29) is 0 Å². The molecule has 0 fully saturated rings. The van der Waals surface area contributed by atoms with Crippen molar-refractivity contribution in [1.29, 1.82) is 0 Å². The summed E-state index contributed by atoms with van der Waals surface area (Å²) in [6.45, 7) is 2.64. The second-order valence-electron chi connectivity index (χ2n) is 7.01. The van der Waals surface area contributed by atoms with Gasteiger partial charge >= 0.3 is 0 Å². The summed E-state index contributed by atoms with van der Waals surface area (Å²) in [5.41, 5.74) is 4.30. The smallest absolute Gasteiger partial charge is 0.127 e. The molecular weight excluding hydrogens is 370 g/mol. The molecule has 0 aliphatic rings. The maximum Gasteiger partial charge on any atom is 0.127 e. The van der Waals surface area contributed by atoms with Gasteiger partial charge in [0.15, 0.2) is 0 Å². The van der Waals surface area contributed by atoms with E-state index in [1.54, 1.807) is 0 Å². The highest BCUT2D eigenvalue weighted by Crippen LogP contribution is 2.24. The molecule has 0 bridgehead atoms. The molecule has 0 aliphatic heterocycles. The van der Waals surface area contributed by atoms with E-state index < -0.39 is 0 Å². The third-order valence-electron chi connectivity index (χ3n) is 4.58. The molecule has 0 saturated carbocycles. The van der Waals surface area contributed by atoms with Crippen molar-refractivity contribution < 1.29 is 9.47 Å². The molecule has 0 atom stereocenters. The first-order valence-corrected chi connectivity index (χ1v) is 9.90. The Labute approximate surface area is 177 Å². The van der Waals surface area contributed by atoms with Gasteiger partial charge in [-0.05, 0) is 78.7 Å². The molecule has 0 spiro atoms. The summed E-state index contributed by atoms with van der Waals surface area (Å²) in [5.74, 6) is 2.45. The molecule has 3 nitrogen and oxygen atoms in total. The first kappa shape index (κ1) is 19.5. The van der Waals surface area contributed by atoms with Gasteiger partial charge in [-0.1, -0.05) is 48.0 Å². The Hall–Kier alpha value is -3.85. The predicted molar refractivity (Wildman–Crippen MR) is 122 cm³/mol. The van der Waals surface area contributed by atoms with Crippen LogP contribution in [0.2, 0.25) is 0 Å². The number of para-hydroxylation sites is 1. The van der Waals surface area contributed by atoms with E-state index in [1.807, 2.05) is 85.1 Å². The summed E-state index contributed by atoms with van der Waals surface area (Å²) >= 11 is 0. The molecule has 0 N–H and O–H groups in total. The van der Waals surface area contributed by atoms with Crippen LogP contribution in [0.5, 0.6) is 17.2 Å². The first-order valence-electron chi connectivity index (χ1n) is 9.90. The Bertz CT molecular complexity index is 1080. The minimum Gasteiger partial charge on any atom is -0.489 e. The lowest BCUT2D eigenvalue weighted by Gasteiger charge is -2.07. The summed E-state index contributed by atoms with van der Waals surface area (Å²) < 4.78 is 11.7. The van der Waals surface area contributed by atoms with E-state index in [0.29, 0.717) is 6.61 Å². The molecule has 0 radical (unpaired) electrons. The minimum atomic E-state index is 0.561. The van der Waals surface area contributed by atoms with Gasteiger partial charge in [0.25, 0.3) is 0 Å². The molecule has 4 aromatic carbocycles. The van der Waals surface area contributed by atoms with Crippen LogP contribution in [0.1, 0.15) is 16.7 Å². The van der Waals surface area contributed by atoms with Crippen molar-refractivity contribution in [3.8, 4) is 17.2 Å². The van der Waals surface area contributed by atoms with E-state index in [1.165, 1.54) is 5.56 Å². The molecular formula is C27H23NO2. The van der Waals surface area contributed by atoms with Crippen molar-refractivity contribution in [2.45, 2.75) is 13.5 Å². The molecule has 148 valence electrons. The number of nitrogens with zero attached hydrogens (tertiary/aromatic N) is 1. The SMILES string of the molecule is Cc1ccc(COc2ccc(C=Nc3ccc(Oc4ccccc4)cc3)cc2)cc1. The standard InChI is InChI=1S/C27H23NO2/c1-21-7-9-23(10-8-21)20-29-25-15-11-22(12-16-25)19-28-24-13-17-27(18-14-24)30-26-5-3-2-4-6-26/h2-19H,20H2,1H3. The number of rotatable bonds is 7. The predicted octanol–water partition coefficient (Wildman–Crippen LogP) is 7.12. The molecule has 0 amide bonds. The lowest BCUT2D eigenvalue weighted by atomic mass is 10.2. The first-order chi connectivity index (χ1) is 14.7. The van der Waals surface area contributed by atoms with Crippen molar-refractivity contribution in [1.82, 2.24) is 0 Å². The quantitative estimate of drug-likeness (QED) is 0.313. The topological polar surface area (TPSA) is 30.8 Å². The van der Waals surface area contributed by atoms with Gasteiger partial charge in [0.2, 0.25) is 0 Å². The van der Waals surface area contributed by atoms with Gasteiger partial charge in [-0.3, -0.25) is 4.99 Å². The van der Waals surface area contributed by atoms with Gasteiger partial charge in [0.05, 0.1) is 5.69 Å². The Balaban J connectivity index is 1.32. The van der Waals surface area contributed by atoms with E-state index in [0.717, 1.165) is 34.1 Å². The fourth-order valence-corrected chi connectivity index (χ4v) is 2.88. The van der Waals surface area contributed by atoms with Crippen LogP contribution in [-0.2, 0) is 6.61 Å². The Morgan fingerprint density at radius 3 is 2.00 bits per heavy atom. The Morgan fingerprint density at radius 1 is 0.667 bits per heavy atom. The van der Waals surface area contributed by atoms with Gasteiger partial charge < -0.3 is 9.47 Å². The second kappa shape index (κ2) is 9.57. The van der Waals surface area contributed by atoms with Crippen molar-refractivity contribution >= 4 is 11.9 Å². The van der Waals surface area contributed by atoms with Crippen LogP contribution in [0.3, 0.4) is 0 Å². The summed E-state index contributed by atoms with van der Waals surface area (Å²) in [5, 5.41) is 0. The number of hydrogen-bond acceptors (Lipinski definition) is 3. The normalized spacial score (nSPS) is 10.8. The van der Waals surface area contributed by atoms with Crippen molar-refractivity contribution in [3.63, 3.8) is 0 Å². The fraction of sp³-hybridized carbons (Fsp3) is 0.0741. The average Bonchev–Trinajstić information content (AvgIpc) is 2.80. The lowest BCUT2D eigenvalue weighted by Crippen LogP contribution is -1.95. The number of ether oxygens (including phenoxy) is 2. The minimum absolute atomic E-state index is 0.561. The molecule has 3 heteroatoms. The summed E-state index contributed by atoms with van der Waals surface area (Å²) in [4.78, 5) is 4.53. The molecule has 30 heavy (non-hydrogen) atoms. The summed E-state index contributed by atoms with van der Waals surface area (Å²) in [6.07, 6.45) is 1.84. The number of hydrogen-bond donors (Lipinski definition) is 0. The van der Waals surface area contributed by atoms with Gasteiger partial charge in [-0.25, -0.2) is 0 Å². The van der Waals surface area contributed by atoms with Crippen LogP contribution >= 0.6 is 0 Å².